The van der Waals surface area contributed by atoms with Crippen molar-refractivity contribution in [2.45, 2.75) is 17.9 Å². The van der Waals surface area contributed by atoms with Crippen molar-refractivity contribution in [1.29, 1.82) is 0 Å². The van der Waals surface area contributed by atoms with E-state index in [0.29, 0.717) is 6.54 Å². The predicted molar refractivity (Wildman–Crippen MR) is 65.2 cm³/mol. The number of hydrogen-bond donors (Lipinski definition) is 1. The van der Waals surface area contributed by atoms with Crippen molar-refractivity contribution < 1.29 is 0 Å². The minimum atomic E-state index is 0.712. The van der Waals surface area contributed by atoms with Gasteiger partial charge in [0, 0.05) is 16.8 Å². The summed E-state index contributed by atoms with van der Waals surface area (Å²) in [4.78, 5) is 1.27. The summed E-state index contributed by atoms with van der Waals surface area (Å²) in [5.74, 6) is 0. The summed E-state index contributed by atoms with van der Waals surface area (Å²) in [6.07, 6.45) is 4.97. The van der Waals surface area contributed by atoms with Crippen LogP contribution < -0.4 is 5.73 Å². The smallest absolute Gasteiger partial charge is 0.0693 e. The van der Waals surface area contributed by atoms with Crippen LogP contribution >= 0.6 is 11.8 Å². The van der Waals surface area contributed by atoms with Crippen LogP contribution in [0.5, 0.6) is 0 Å². The van der Waals surface area contributed by atoms with Gasteiger partial charge in [0.2, 0.25) is 0 Å². The fourth-order valence-corrected chi connectivity index (χ4v) is 2.03. The van der Waals surface area contributed by atoms with E-state index >= 15 is 0 Å². The molecule has 0 aliphatic heterocycles. The third-order valence-corrected chi connectivity index (χ3v) is 3.15. The summed E-state index contributed by atoms with van der Waals surface area (Å²) in [6.45, 7) is 1.61. The van der Waals surface area contributed by atoms with Crippen LogP contribution in [-0.2, 0) is 6.54 Å². The molecule has 2 aromatic rings. The Morgan fingerprint density at radius 1 is 1.47 bits per heavy atom. The number of aromatic nitrogens is 2. The van der Waals surface area contributed by atoms with Crippen LogP contribution in [0, 0.1) is 0 Å². The van der Waals surface area contributed by atoms with Gasteiger partial charge in [-0.3, -0.25) is 4.68 Å². The zero-order valence-electron chi connectivity index (χ0n) is 8.81. The molecule has 0 aliphatic rings. The Hall–Kier alpha value is -1.00. The lowest BCUT2D eigenvalue weighted by atomic mass is 10.2. The lowest BCUT2D eigenvalue weighted by Crippen LogP contribution is -2.06. The van der Waals surface area contributed by atoms with E-state index in [1.165, 1.54) is 15.8 Å². The molecule has 3 nitrogen and oxygen atoms in total. The summed E-state index contributed by atoms with van der Waals surface area (Å²) < 4.78 is 2.03. The third-order valence-electron chi connectivity index (χ3n) is 2.43. The second-order valence-electron chi connectivity index (χ2n) is 3.43. The zero-order valence-corrected chi connectivity index (χ0v) is 9.63. The molecule has 0 radical (unpaired) electrons. The third kappa shape index (κ3) is 2.16. The highest BCUT2D eigenvalue weighted by molar-refractivity contribution is 7.98. The van der Waals surface area contributed by atoms with Crippen molar-refractivity contribution in [2.75, 3.05) is 12.8 Å². The molecule has 1 aromatic heterocycles. The van der Waals surface area contributed by atoms with E-state index in [1.807, 2.05) is 10.9 Å². The standard InChI is InChI=1S/C11H15N3S/c1-15-10-4-3-9-8-13-14(6-2-5-12)11(9)7-10/h3-4,7-8H,2,5-6,12H2,1H3. The van der Waals surface area contributed by atoms with E-state index < -0.39 is 0 Å². The maximum atomic E-state index is 5.50. The van der Waals surface area contributed by atoms with Gasteiger partial charge in [-0.25, -0.2) is 0 Å². The van der Waals surface area contributed by atoms with E-state index in [-0.39, 0.29) is 0 Å². The van der Waals surface area contributed by atoms with Crippen molar-refractivity contribution in [3.63, 3.8) is 0 Å². The van der Waals surface area contributed by atoms with Gasteiger partial charge in [-0.1, -0.05) is 6.07 Å². The average molecular weight is 221 g/mol. The van der Waals surface area contributed by atoms with Crippen LogP contribution in [0.4, 0.5) is 0 Å². The largest absolute Gasteiger partial charge is 0.330 e. The van der Waals surface area contributed by atoms with Gasteiger partial charge < -0.3 is 5.73 Å². The molecular formula is C11H15N3S. The van der Waals surface area contributed by atoms with Gasteiger partial charge in [-0.05, 0) is 31.4 Å². The summed E-state index contributed by atoms with van der Waals surface area (Å²) in [5, 5.41) is 5.56. The van der Waals surface area contributed by atoms with E-state index in [0.717, 1.165) is 13.0 Å². The van der Waals surface area contributed by atoms with Crippen LogP contribution in [0.2, 0.25) is 0 Å². The number of thioether (sulfide) groups is 1. The predicted octanol–water partition coefficient (Wildman–Crippen LogP) is 2.11. The lowest BCUT2D eigenvalue weighted by molar-refractivity contribution is 0.602. The molecule has 2 N–H and O–H groups in total. The highest BCUT2D eigenvalue weighted by Gasteiger charge is 2.02. The molecule has 0 bridgehead atoms. The van der Waals surface area contributed by atoms with E-state index in [2.05, 4.69) is 29.6 Å². The first-order chi connectivity index (χ1) is 7.35. The first kappa shape index (κ1) is 10.5. The molecule has 0 fully saturated rings. The maximum absolute atomic E-state index is 5.50. The van der Waals surface area contributed by atoms with Crippen LogP contribution in [0.25, 0.3) is 10.9 Å². The second kappa shape index (κ2) is 4.68. The van der Waals surface area contributed by atoms with Gasteiger partial charge in [-0.2, -0.15) is 5.10 Å². The van der Waals surface area contributed by atoms with Crippen LogP contribution in [0.15, 0.2) is 29.3 Å². The van der Waals surface area contributed by atoms with Gasteiger partial charge in [-0.15, -0.1) is 11.8 Å². The van der Waals surface area contributed by atoms with E-state index in [4.69, 9.17) is 5.73 Å². The Morgan fingerprint density at radius 3 is 3.07 bits per heavy atom. The van der Waals surface area contributed by atoms with Gasteiger partial charge >= 0.3 is 0 Å². The van der Waals surface area contributed by atoms with Gasteiger partial charge in [0.05, 0.1) is 11.7 Å². The highest BCUT2D eigenvalue weighted by atomic mass is 32.2. The van der Waals surface area contributed by atoms with Crippen LogP contribution in [0.1, 0.15) is 6.42 Å². The zero-order chi connectivity index (χ0) is 10.7. The van der Waals surface area contributed by atoms with Crippen LogP contribution in [0.3, 0.4) is 0 Å². The first-order valence-corrected chi connectivity index (χ1v) is 6.27. The number of benzene rings is 1. The SMILES string of the molecule is CSc1ccc2cnn(CCCN)c2c1. The molecule has 2 rings (SSSR count). The number of rotatable bonds is 4. The van der Waals surface area contributed by atoms with Gasteiger partial charge in [0.25, 0.3) is 0 Å². The van der Waals surface area contributed by atoms with E-state index in [1.54, 1.807) is 11.8 Å². The molecule has 0 aliphatic carbocycles. The molecule has 1 aromatic carbocycles. The molecule has 4 heteroatoms. The minimum absolute atomic E-state index is 0.712. The van der Waals surface area contributed by atoms with Crippen molar-refractivity contribution in [3.05, 3.63) is 24.4 Å². The number of nitrogens with zero attached hydrogens (tertiary/aromatic N) is 2. The molecule has 0 saturated heterocycles. The molecule has 15 heavy (non-hydrogen) atoms. The van der Waals surface area contributed by atoms with Crippen LogP contribution in [-0.4, -0.2) is 22.6 Å². The normalized spacial score (nSPS) is 11.1. The molecular weight excluding hydrogens is 206 g/mol. The van der Waals surface area contributed by atoms with Crippen molar-refractivity contribution in [2.24, 2.45) is 5.73 Å². The monoisotopic (exact) mass is 221 g/mol. The Bertz CT molecular complexity index is 450. The summed E-state index contributed by atoms with van der Waals surface area (Å²) in [6, 6.07) is 6.43. The fourth-order valence-electron chi connectivity index (χ4n) is 1.60. The maximum Gasteiger partial charge on any atom is 0.0693 e. The lowest BCUT2D eigenvalue weighted by Gasteiger charge is -2.03. The number of hydrogen-bond acceptors (Lipinski definition) is 3. The minimum Gasteiger partial charge on any atom is -0.330 e. The highest BCUT2D eigenvalue weighted by Crippen LogP contribution is 2.21. The fraction of sp³-hybridized carbons (Fsp3) is 0.364. The Labute approximate surface area is 93.6 Å². The molecule has 0 amide bonds. The first-order valence-electron chi connectivity index (χ1n) is 5.05. The van der Waals surface area contributed by atoms with Crippen molar-refractivity contribution in [1.82, 2.24) is 9.78 Å². The van der Waals surface area contributed by atoms with Gasteiger partial charge in [0.15, 0.2) is 0 Å². The number of nitrogens with two attached hydrogens (primary N) is 1. The summed E-state index contributed by atoms with van der Waals surface area (Å²) in [5.41, 5.74) is 6.70. The second-order valence-corrected chi connectivity index (χ2v) is 4.31. The number of fused-ring (bicyclic) bond motifs is 1. The number of aryl methyl sites for hydroxylation is 1. The van der Waals surface area contributed by atoms with Gasteiger partial charge in [0.1, 0.15) is 0 Å². The van der Waals surface area contributed by atoms with Crippen molar-refractivity contribution in [3.8, 4) is 0 Å². The molecule has 0 atom stereocenters. The molecule has 1 heterocycles. The Balaban J connectivity index is 2.38. The summed E-state index contributed by atoms with van der Waals surface area (Å²) >= 11 is 1.75. The molecule has 0 unspecified atom stereocenters. The average Bonchev–Trinajstić information content (AvgIpc) is 2.68. The quantitative estimate of drug-likeness (QED) is 0.804. The Kier molecular flexibility index (Phi) is 3.28. The van der Waals surface area contributed by atoms with Crippen molar-refractivity contribution >= 4 is 22.7 Å². The topological polar surface area (TPSA) is 43.8 Å². The summed E-state index contributed by atoms with van der Waals surface area (Å²) in [7, 11) is 0. The van der Waals surface area contributed by atoms with E-state index in [9.17, 15) is 0 Å². The molecule has 0 saturated carbocycles. The Morgan fingerprint density at radius 2 is 2.33 bits per heavy atom. The molecule has 80 valence electrons. The molecule has 0 spiro atoms.